The summed E-state index contributed by atoms with van der Waals surface area (Å²) in [6, 6.07) is 1.80. The third-order valence-electron chi connectivity index (χ3n) is 4.45. The molecule has 0 saturated heterocycles. The lowest BCUT2D eigenvalue weighted by atomic mass is 10.0. The van der Waals surface area contributed by atoms with Crippen LogP contribution in [-0.2, 0) is 20.8 Å². The Bertz CT molecular complexity index is 1630. The van der Waals surface area contributed by atoms with Crippen molar-refractivity contribution >= 4 is 53.5 Å². The largest absolute Gasteiger partial charge is 0.487 e. The molecule has 2 aromatic carbocycles. The first-order valence-corrected chi connectivity index (χ1v) is 12.0. The van der Waals surface area contributed by atoms with Gasteiger partial charge in [-0.3, -0.25) is 9.11 Å². The predicted octanol–water partition coefficient (Wildman–Crippen LogP) is 1.65. The van der Waals surface area contributed by atoms with Crippen molar-refractivity contribution < 1.29 is 52.6 Å². The molecule has 0 fully saturated rings. The van der Waals surface area contributed by atoms with Gasteiger partial charge < -0.3 is 26.7 Å². The number of rotatable bonds is 8. The summed E-state index contributed by atoms with van der Waals surface area (Å²) in [6.07, 6.45) is 0. The molecule has 16 heteroatoms. The molecule has 0 radical (unpaired) electrons. The van der Waals surface area contributed by atoms with E-state index in [2.05, 4.69) is 8.37 Å². The number of hydrogen-bond acceptors (Lipinski definition) is 12. The highest BCUT2D eigenvalue weighted by Crippen LogP contribution is 2.46. The maximum Gasteiger partial charge on any atom is 0.446 e. The van der Waals surface area contributed by atoms with E-state index in [0.29, 0.717) is 0 Å². The van der Waals surface area contributed by atoms with E-state index in [9.17, 15) is 26.4 Å². The van der Waals surface area contributed by atoms with E-state index in [-0.39, 0.29) is 34.8 Å². The van der Waals surface area contributed by atoms with Crippen LogP contribution in [0.2, 0.25) is 0 Å². The van der Waals surface area contributed by atoms with Crippen molar-refractivity contribution in [2.75, 3.05) is 13.2 Å². The lowest BCUT2D eigenvalue weighted by molar-refractivity contribution is 0.316. The average Bonchev–Trinajstić information content (AvgIpc) is 2.69. The fourth-order valence-corrected chi connectivity index (χ4v) is 4.16. The predicted molar refractivity (Wildman–Crippen MR) is 114 cm³/mol. The number of ether oxygens (including phenoxy) is 2. The SMILES string of the molecule is CCOc1c(OS(=O)(=O)O)cc2c(=O)oc3c(OCC)c(OS(=O)(=O)O)cc4c(=O)oc1c2c34. The third-order valence-corrected chi connectivity index (χ3v) is 5.23. The third kappa shape index (κ3) is 4.07. The maximum absolute atomic E-state index is 12.8. The van der Waals surface area contributed by atoms with Crippen LogP contribution in [0.5, 0.6) is 23.0 Å². The van der Waals surface area contributed by atoms with Gasteiger partial charge in [-0.15, -0.1) is 0 Å². The molecular formula is C18H14O14S2. The molecule has 0 bridgehead atoms. The van der Waals surface area contributed by atoms with Gasteiger partial charge in [-0.2, -0.15) is 16.8 Å². The van der Waals surface area contributed by atoms with E-state index in [0.717, 1.165) is 12.1 Å². The van der Waals surface area contributed by atoms with E-state index in [1.807, 2.05) is 0 Å². The quantitative estimate of drug-likeness (QED) is 0.193. The highest BCUT2D eigenvalue weighted by molar-refractivity contribution is 7.81. The maximum atomic E-state index is 12.8. The van der Waals surface area contributed by atoms with Gasteiger partial charge in [0.25, 0.3) is 0 Å². The van der Waals surface area contributed by atoms with Gasteiger partial charge in [-0.25, -0.2) is 9.59 Å². The van der Waals surface area contributed by atoms with Gasteiger partial charge in [-0.05, 0) is 13.8 Å². The van der Waals surface area contributed by atoms with Gasteiger partial charge in [0.1, 0.15) is 0 Å². The van der Waals surface area contributed by atoms with E-state index in [4.69, 9.17) is 27.4 Å². The molecule has 182 valence electrons. The zero-order chi connectivity index (χ0) is 25.0. The fraction of sp³-hybridized carbons (Fsp3) is 0.222. The van der Waals surface area contributed by atoms with Gasteiger partial charge in [0.2, 0.25) is 11.5 Å². The molecule has 4 aromatic rings. The van der Waals surface area contributed by atoms with Gasteiger partial charge in [-0.1, -0.05) is 0 Å². The zero-order valence-electron chi connectivity index (χ0n) is 17.2. The molecule has 34 heavy (non-hydrogen) atoms. The van der Waals surface area contributed by atoms with Gasteiger partial charge in [0.15, 0.2) is 22.7 Å². The molecule has 0 aliphatic rings. The molecule has 0 amide bonds. The lowest BCUT2D eigenvalue weighted by Gasteiger charge is -2.17. The summed E-state index contributed by atoms with van der Waals surface area (Å²) in [6.45, 7) is 2.91. The second-order valence-corrected chi connectivity index (χ2v) is 8.62. The summed E-state index contributed by atoms with van der Waals surface area (Å²) in [5.41, 5.74) is -3.06. The Morgan fingerprint density at radius 3 is 1.38 bits per heavy atom. The first-order valence-electron chi connectivity index (χ1n) is 9.30. The van der Waals surface area contributed by atoms with Crippen LogP contribution in [0, 0.1) is 0 Å². The highest BCUT2D eigenvalue weighted by atomic mass is 32.3. The van der Waals surface area contributed by atoms with Crippen molar-refractivity contribution in [3.63, 3.8) is 0 Å². The Kier molecular flexibility index (Phi) is 5.55. The van der Waals surface area contributed by atoms with Crippen molar-refractivity contribution in [3.8, 4) is 23.0 Å². The summed E-state index contributed by atoms with van der Waals surface area (Å²) in [5, 5.41) is -0.814. The molecular weight excluding hydrogens is 504 g/mol. The summed E-state index contributed by atoms with van der Waals surface area (Å²) >= 11 is 0. The van der Waals surface area contributed by atoms with Crippen molar-refractivity contribution in [1.29, 1.82) is 0 Å². The Labute approximate surface area is 189 Å². The minimum Gasteiger partial charge on any atom is -0.487 e. The number of benzene rings is 2. The summed E-state index contributed by atoms with van der Waals surface area (Å²) in [4.78, 5) is 25.6. The van der Waals surface area contributed by atoms with Crippen LogP contribution in [0.3, 0.4) is 0 Å². The van der Waals surface area contributed by atoms with Gasteiger partial charge >= 0.3 is 32.0 Å². The molecule has 0 spiro atoms. The Morgan fingerprint density at radius 1 is 0.735 bits per heavy atom. The molecule has 0 aliphatic heterocycles. The van der Waals surface area contributed by atoms with E-state index in [1.165, 1.54) is 13.8 Å². The molecule has 0 saturated carbocycles. The van der Waals surface area contributed by atoms with Crippen molar-refractivity contribution in [3.05, 3.63) is 33.0 Å². The average molecular weight is 518 g/mol. The minimum atomic E-state index is -5.07. The Morgan fingerprint density at radius 2 is 1.09 bits per heavy atom. The van der Waals surface area contributed by atoms with Crippen LogP contribution >= 0.6 is 0 Å². The molecule has 2 heterocycles. The molecule has 0 unspecified atom stereocenters. The van der Waals surface area contributed by atoms with Crippen LogP contribution in [0.25, 0.3) is 32.7 Å². The Hall–Kier alpha value is -3.60. The van der Waals surface area contributed by atoms with Crippen molar-refractivity contribution in [2.45, 2.75) is 13.8 Å². The van der Waals surface area contributed by atoms with Crippen LogP contribution in [0.1, 0.15) is 13.8 Å². The summed E-state index contributed by atoms with van der Waals surface area (Å²) in [5.74, 6) is -2.17. The molecule has 14 nitrogen and oxygen atoms in total. The zero-order valence-corrected chi connectivity index (χ0v) is 18.8. The van der Waals surface area contributed by atoms with E-state index < -0.39 is 66.2 Å². The summed E-state index contributed by atoms with van der Waals surface area (Å²) in [7, 11) is -10.1. The first kappa shape index (κ1) is 23.6. The molecule has 2 aromatic heterocycles. The second-order valence-electron chi connectivity index (χ2n) is 6.58. The molecule has 0 atom stereocenters. The topological polar surface area (TPSA) is 206 Å². The molecule has 0 aliphatic carbocycles. The fourth-order valence-electron chi connectivity index (χ4n) is 3.45. The standard InChI is InChI=1S/C18H14O14S2/c1-3-27-13-9(31-33(21,22)23)5-7-11-12-8(17(19)29-15(11)13)6-10(32-34(24,25)26)14(28-4-2)16(12)30-18(7)20/h5-6H,3-4H2,1-2H3,(H,21,22,23)(H,24,25,26). The van der Waals surface area contributed by atoms with Gasteiger partial charge in [0, 0.05) is 22.9 Å². The Balaban J connectivity index is 2.26. The second kappa shape index (κ2) is 8.01. The van der Waals surface area contributed by atoms with Crippen molar-refractivity contribution in [1.82, 2.24) is 0 Å². The first-order chi connectivity index (χ1) is 15.8. The monoisotopic (exact) mass is 518 g/mol. The van der Waals surface area contributed by atoms with E-state index in [1.54, 1.807) is 0 Å². The molecule has 4 rings (SSSR count). The summed E-state index contributed by atoms with van der Waals surface area (Å²) < 4.78 is 93.7. The van der Waals surface area contributed by atoms with Crippen molar-refractivity contribution in [2.24, 2.45) is 0 Å². The normalized spacial score (nSPS) is 12.5. The smallest absolute Gasteiger partial charge is 0.446 e. The van der Waals surface area contributed by atoms with Crippen LogP contribution in [0.15, 0.2) is 30.6 Å². The highest BCUT2D eigenvalue weighted by Gasteiger charge is 2.29. The van der Waals surface area contributed by atoms with Gasteiger partial charge in [0.05, 0.1) is 24.0 Å². The lowest BCUT2D eigenvalue weighted by Crippen LogP contribution is -2.13. The van der Waals surface area contributed by atoms with Crippen LogP contribution < -0.4 is 29.1 Å². The van der Waals surface area contributed by atoms with Crippen LogP contribution in [-0.4, -0.2) is 39.2 Å². The van der Waals surface area contributed by atoms with Crippen LogP contribution in [0.4, 0.5) is 0 Å². The van der Waals surface area contributed by atoms with E-state index >= 15 is 0 Å². The number of hydrogen-bond donors (Lipinski definition) is 2. The molecule has 2 N–H and O–H groups in total. The minimum absolute atomic E-state index is 0.0688.